The smallest absolute Gasteiger partial charge is 0.257 e. The molecule has 0 radical (unpaired) electrons. The predicted octanol–water partition coefficient (Wildman–Crippen LogP) is 2.02. The minimum Gasteiger partial charge on any atom is -0.504 e. The number of phenols is 1. The molecule has 2 rings (SSSR count). The fourth-order valence-electron chi connectivity index (χ4n) is 1.89. The summed E-state index contributed by atoms with van der Waals surface area (Å²) in [5, 5.41) is 41.7. The molecule has 0 aliphatic carbocycles. The number of phenolic OH excluding ortho intramolecular Hbond substituents is 1. The molecule has 2 aromatic rings. The molecule has 0 saturated heterocycles. The number of hydrogen-bond acceptors (Lipinski definition) is 7. The molecule has 1 atom stereocenters. The van der Waals surface area contributed by atoms with Crippen molar-refractivity contribution in [1.82, 2.24) is 10.3 Å². The van der Waals surface area contributed by atoms with Gasteiger partial charge in [0.2, 0.25) is 5.88 Å². The second-order valence-corrected chi connectivity index (χ2v) is 5.40. The van der Waals surface area contributed by atoms with Crippen LogP contribution in [-0.2, 0) is 0 Å². The largest absolute Gasteiger partial charge is 0.504 e. The molecule has 1 unspecified atom stereocenters. The topological polar surface area (TPSA) is 115 Å². The number of nitrogens with zero attached hydrogens (tertiary/aromatic N) is 1. The summed E-state index contributed by atoms with van der Waals surface area (Å²) in [6.07, 6.45) is -0.756. The van der Waals surface area contributed by atoms with Gasteiger partial charge in [-0.3, -0.25) is 0 Å². The number of aromatic hydroxyl groups is 3. The van der Waals surface area contributed by atoms with E-state index >= 15 is 0 Å². The van der Waals surface area contributed by atoms with Crippen molar-refractivity contribution in [2.24, 2.45) is 0 Å². The van der Waals surface area contributed by atoms with Gasteiger partial charge in [0.25, 0.3) is 5.88 Å². The zero-order valence-corrected chi connectivity index (χ0v) is 12.9. The molecule has 0 amide bonds. The molecule has 124 valence electrons. The predicted molar refractivity (Wildman–Crippen MR) is 83.8 cm³/mol. The van der Waals surface area contributed by atoms with Crippen molar-refractivity contribution >= 4 is 0 Å². The Morgan fingerprint density at radius 2 is 1.83 bits per heavy atom. The molecular weight excluding hydrogens is 300 g/mol. The van der Waals surface area contributed by atoms with Gasteiger partial charge in [0, 0.05) is 18.7 Å². The average Bonchev–Trinajstić information content (AvgIpc) is 2.50. The molecular formula is C16H20N2O5. The van der Waals surface area contributed by atoms with Crippen molar-refractivity contribution in [3.05, 3.63) is 35.9 Å². The first-order chi connectivity index (χ1) is 10.9. The maximum atomic E-state index is 10.1. The number of aromatic nitrogens is 1. The number of ether oxygens (including phenoxy) is 1. The van der Waals surface area contributed by atoms with Gasteiger partial charge in [-0.1, -0.05) is 19.9 Å². The summed E-state index contributed by atoms with van der Waals surface area (Å²) in [5.41, 5.74) is 0.546. The lowest BCUT2D eigenvalue weighted by Gasteiger charge is -2.15. The summed E-state index contributed by atoms with van der Waals surface area (Å²) in [7, 11) is 0. The van der Waals surface area contributed by atoms with Crippen molar-refractivity contribution < 1.29 is 25.2 Å². The molecule has 0 fully saturated rings. The van der Waals surface area contributed by atoms with Crippen LogP contribution in [0, 0.1) is 0 Å². The van der Waals surface area contributed by atoms with E-state index in [0.29, 0.717) is 12.1 Å². The van der Waals surface area contributed by atoms with E-state index in [4.69, 9.17) is 4.74 Å². The van der Waals surface area contributed by atoms with Gasteiger partial charge in [0.05, 0.1) is 6.10 Å². The molecule has 7 nitrogen and oxygen atoms in total. The van der Waals surface area contributed by atoms with Crippen LogP contribution in [0.15, 0.2) is 30.3 Å². The van der Waals surface area contributed by atoms with E-state index in [2.05, 4.69) is 10.3 Å². The third-order valence-corrected chi connectivity index (χ3v) is 3.13. The van der Waals surface area contributed by atoms with Gasteiger partial charge in [-0.05, 0) is 23.8 Å². The molecule has 0 saturated carbocycles. The van der Waals surface area contributed by atoms with Gasteiger partial charge in [0.15, 0.2) is 17.2 Å². The first kappa shape index (κ1) is 16.9. The minimum atomic E-state index is -0.756. The van der Waals surface area contributed by atoms with Crippen LogP contribution in [0.4, 0.5) is 0 Å². The van der Waals surface area contributed by atoms with E-state index in [9.17, 15) is 20.4 Å². The summed E-state index contributed by atoms with van der Waals surface area (Å²) in [4.78, 5) is 3.63. The molecule has 7 heteroatoms. The zero-order valence-electron chi connectivity index (χ0n) is 12.9. The number of rotatable bonds is 6. The van der Waals surface area contributed by atoms with Crippen molar-refractivity contribution in [1.29, 1.82) is 0 Å². The monoisotopic (exact) mass is 320 g/mol. The second-order valence-electron chi connectivity index (χ2n) is 5.40. The van der Waals surface area contributed by atoms with E-state index in [0.717, 1.165) is 0 Å². The summed E-state index contributed by atoms with van der Waals surface area (Å²) >= 11 is 0. The van der Waals surface area contributed by atoms with Crippen molar-refractivity contribution in [2.45, 2.75) is 26.0 Å². The number of pyridine rings is 1. The number of benzene rings is 1. The number of nitrogens with one attached hydrogen (secondary N) is 1. The highest BCUT2D eigenvalue weighted by atomic mass is 16.5. The van der Waals surface area contributed by atoms with Gasteiger partial charge in [0.1, 0.15) is 0 Å². The molecule has 0 aliphatic heterocycles. The Morgan fingerprint density at radius 1 is 1.09 bits per heavy atom. The Labute approximate surface area is 133 Å². The van der Waals surface area contributed by atoms with Crippen molar-refractivity contribution in [3.8, 4) is 29.0 Å². The lowest BCUT2D eigenvalue weighted by atomic mass is 10.1. The first-order valence-corrected chi connectivity index (χ1v) is 7.18. The van der Waals surface area contributed by atoms with Gasteiger partial charge in [-0.2, -0.15) is 4.98 Å². The van der Waals surface area contributed by atoms with E-state index in [1.807, 2.05) is 13.8 Å². The van der Waals surface area contributed by atoms with Gasteiger partial charge >= 0.3 is 0 Å². The van der Waals surface area contributed by atoms with Crippen molar-refractivity contribution in [3.63, 3.8) is 0 Å². The van der Waals surface area contributed by atoms with Crippen LogP contribution >= 0.6 is 0 Å². The fraction of sp³-hybridized carbons (Fsp3) is 0.312. The van der Waals surface area contributed by atoms with Crippen LogP contribution in [0.25, 0.3) is 0 Å². The Kier molecular flexibility index (Phi) is 5.25. The molecule has 0 aliphatic rings. The number of aliphatic hydroxyl groups is 1. The molecule has 23 heavy (non-hydrogen) atoms. The fourth-order valence-corrected chi connectivity index (χ4v) is 1.89. The zero-order chi connectivity index (χ0) is 17.0. The Morgan fingerprint density at radius 3 is 2.43 bits per heavy atom. The Balaban J connectivity index is 2.11. The highest BCUT2D eigenvalue weighted by molar-refractivity contribution is 5.45. The minimum absolute atomic E-state index is 0.0189. The second kappa shape index (κ2) is 7.17. The summed E-state index contributed by atoms with van der Waals surface area (Å²) in [5.74, 6) is -0.951. The third-order valence-electron chi connectivity index (χ3n) is 3.13. The Hall–Kier alpha value is -2.51. The van der Waals surface area contributed by atoms with Crippen LogP contribution in [0.1, 0.15) is 25.5 Å². The van der Waals surface area contributed by atoms with E-state index < -0.39 is 12.0 Å². The van der Waals surface area contributed by atoms with Crippen LogP contribution in [-0.4, -0.2) is 38.0 Å². The standard InChI is InChI=1S/C16H20N2O5/c1-9(2)17-8-13(21)10-3-5-14(12(20)7-10)23-15-6-4-11(19)16(22)18-15/h3-7,9,13,17,19-21H,8H2,1-2H3,(H,18,22). The molecule has 5 N–H and O–H groups in total. The van der Waals surface area contributed by atoms with E-state index in [1.165, 1.54) is 24.3 Å². The maximum absolute atomic E-state index is 10.1. The van der Waals surface area contributed by atoms with Crippen molar-refractivity contribution in [2.75, 3.05) is 6.54 Å². The van der Waals surface area contributed by atoms with E-state index in [-0.39, 0.29) is 29.2 Å². The maximum Gasteiger partial charge on any atom is 0.257 e. The van der Waals surface area contributed by atoms with E-state index in [1.54, 1.807) is 6.07 Å². The highest BCUT2D eigenvalue weighted by Crippen LogP contribution is 2.34. The normalized spacial score (nSPS) is 12.3. The SMILES string of the molecule is CC(C)NCC(O)c1ccc(Oc2ccc(O)c(O)n2)c(O)c1. The molecule has 0 spiro atoms. The summed E-state index contributed by atoms with van der Waals surface area (Å²) < 4.78 is 5.35. The average molecular weight is 320 g/mol. The summed E-state index contributed by atoms with van der Waals surface area (Å²) in [6.45, 7) is 4.31. The quantitative estimate of drug-likeness (QED) is 0.553. The van der Waals surface area contributed by atoms with Crippen LogP contribution in [0.5, 0.6) is 29.0 Å². The Bertz CT molecular complexity index is 676. The molecule has 1 aromatic carbocycles. The van der Waals surface area contributed by atoms with Gasteiger partial charge in [-0.25, -0.2) is 0 Å². The number of aliphatic hydroxyl groups excluding tert-OH is 1. The van der Waals surface area contributed by atoms with Gasteiger partial charge < -0.3 is 30.5 Å². The summed E-state index contributed by atoms with van der Waals surface area (Å²) in [6, 6.07) is 7.35. The third kappa shape index (κ3) is 4.48. The van der Waals surface area contributed by atoms with Crippen LogP contribution in [0.3, 0.4) is 0 Å². The molecule has 1 heterocycles. The van der Waals surface area contributed by atoms with Crippen LogP contribution < -0.4 is 10.1 Å². The van der Waals surface area contributed by atoms with Crippen LogP contribution in [0.2, 0.25) is 0 Å². The lowest BCUT2D eigenvalue weighted by molar-refractivity contribution is 0.171. The molecule has 1 aromatic heterocycles. The lowest BCUT2D eigenvalue weighted by Crippen LogP contribution is -2.27. The first-order valence-electron chi connectivity index (χ1n) is 7.18. The highest BCUT2D eigenvalue weighted by Gasteiger charge is 2.13. The molecule has 0 bridgehead atoms. The van der Waals surface area contributed by atoms with Gasteiger partial charge in [-0.15, -0.1) is 0 Å². The number of hydrogen-bond donors (Lipinski definition) is 5.